The molecule has 0 aliphatic carbocycles. The summed E-state index contributed by atoms with van der Waals surface area (Å²) in [5.41, 5.74) is 0.889. The molecule has 1 fully saturated rings. The summed E-state index contributed by atoms with van der Waals surface area (Å²) in [5.74, 6) is 0.432. The van der Waals surface area contributed by atoms with Crippen LogP contribution in [0, 0.1) is 6.92 Å². The summed E-state index contributed by atoms with van der Waals surface area (Å²) in [6, 6.07) is 5.86. The van der Waals surface area contributed by atoms with E-state index in [0.717, 1.165) is 30.0 Å². The lowest BCUT2D eigenvalue weighted by Gasteiger charge is -2.23. The number of rotatable bonds is 5. The number of aromatic nitrogens is 4. The molecule has 8 heteroatoms. The summed E-state index contributed by atoms with van der Waals surface area (Å²) in [5, 5.41) is 6.37. The first-order valence-electron chi connectivity index (χ1n) is 8.32. The fraction of sp³-hybridized carbons (Fsp3) is 0.412. The van der Waals surface area contributed by atoms with Gasteiger partial charge in [-0.2, -0.15) is 4.98 Å². The highest BCUT2D eigenvalue weighted by Crippen LogP contribution is 2.18. The number of carbonyl (C=O) groups excluding carboxylic acids is 1. The van der Waals surface area contributed by atoms with Gasteiger partial charge in [-0.05, 0) is 37.3 Å². The third kappa shape index (κ3) is 3.40. The molecule has 1 saturated heterocycles. The number of aryl methyl sites for hydroxylation is 1. The third-order valence-electron chi connectivity index (χ3n) is 4.28. The highest BCUT2D eigenvalue weighted by Gasteiger charge is 2.26. The first-order valence-corrected chi connectivity index (χ1v) is 9.20. The van der Waals surface area contributed by atoms with E-state index in [1.165, 1.54) is 0 Å². The van der Waals surface area contributed by atoms with Crippen LogP contribution in [0.4, 0.5) is 0 Å². The van der Waals surface area contributed by atoms with Gasteiger partial charge in [0.2, 0.25) is 5.82 Å². The van der Waals surface area contributed by atoms with Crippen molar-refractivity contribution in [2.75, 3.05) is 13.2 Å². The zero-order valence-electron chi connectivity index (χ0n) is 14.0. The molecular formula is C17H19N5O2S. The van der Waals surface area contributed by atoms with Crippen LogP contribution in [0.1, 0.15) is 34.0 Å². The van der Waals surface area contributed by atoms with Gasteiger partial charge in [0.1, 0.15) is 0 Å². The molecule has 25 heavy (non-hydrogen) atoms. The Bertz CT molecular complexity index is 870. The maximum Gasteiger partial charge on any atom is 0.294 e. The molecule has 0 bridgehead atoms. The topological polar surface area (TPSA) is 72.6 Å². The Morgan fingerprint density at radius 2 is 2.40 bits per heavy atom. The summed E-state index contributed by atoms with van der Waals surface area (Å²) in [4.78, 5) is 24.5. The predicted molar refractivity (Wildman–Crippen MR) is 93.6 cm³/mol. The third-order valence-corrected chi connectivity index (χ3v) is 5.14. The molecule has 1 aliphatic rings. The van der Waals surface area contributed by atoms with E-state index in [1.54, 1.807) is 26.9 Å². The van der Waals surface area contributed by atoms with Gasteiger partial charge < -0.3 is 9.64 Å². The summed E-state index contributed by atoms with van der Waals surface area (Å²) in [7, 11) is 0. The van der Waals surface area contributed by atoms with E-state index in [-0.39, 0.29) is 17.8 Å². The monoisotopic (exact) mass is 357 g/mol. The van der Waals surface area contributed by atoms with Crippen LogP contribution in [-0.2, 0) is 11.3 Å². The number of ether oxygens (including phenoxy) is 1. The smallest absolute Gasteiger partial charge is 0.294 e. The standard InChI is InChI=1S/C17H19N5O2S/c1-12-6-7-18-17-19-15(20-22(12)17)16(23)21(10-13-4-2-8-24-13)11-14-5-3-9-25-14/h3,5-7,9,13H,2,4,8,10-11H2,1H3/t13-/m1/s1. The van der Waals surface area contributed by atoms with Crippen LogP contribution in [0.3, 0.4) is 0 Å². The number of hydrogen-bond acceptors (Lipinski definition) is 6. The molecule has 4 heterocycles. The molecule has 0 N–H and O–H groups in total. The molecule has 1 aliphatic heterocycles. The molecule has 0 saturated carbocycles. The van der Waals surface area contributed by atoms with Gasteiger partial charge in [-0.25, -0.2) is 9.50 Å². The van der Waals surface area contributed by atoms with Crippen LogP contribution in [0.15, 0.2) is 29.8 Å². The molecule has 130 valence electrons. The van der Waals surface area contributed by atoms with E-state index < -0.39 is 0 Å². The molecule has 0 spiro atoms. The second kappa shape index (κ2) is 6.89. The predicted octanol–water partition coefficient (Wildman–Crippen LogP) is 2.32. The summed E-state index contributed by atoms with van der Waals surface area (Å²) >= 11 is 1.64. The largest absolute Gasteiger partial charge is 0.376 e. The van der Waals surface area contributed by atoms with Crippen molar-refractivity contribution in [1.29, 1.82) is 0 Å². The van der Waals surface area contributed by atoms with Crippen molar-refractivity contribution in [3.8, 4) is 0 Å². The Hall–Kier alpha value is -2.32. The van der Waals surface area contributed by atoms with Crippen molar-refractivity contribution in [2.24, 2.45) is 0 Å². The summed E-state index contributed by atoms with van der Waals surface area (Å²) < 4.78 is 7.32. The Labute approximate surface area is 149 Å². The zero-order valence-corrected chi connectivity index (χ0v) is 14.8. The van der Waals surface area contributed by atoms with Crippen molar-refractivity contribution in [3.63, 3.8) is 0 Å². The number of hydrogen-bond donors (Lipinski definition) is 0. The van der Waals surface area contributed by atoms with Crippen molar-refractivity contribution < 1.29 is 9.53 Å². The zero-order chi connectivity index (χ0) is 17.2. The highest BCUT2D eigenvalue weighted by atomic mass is 32.1. The summed E-state index contributed by atoms with van der Waals surface area (Å²) in [6.45, 7) is 3.77. The van der Waals surface area contributed by atoms with Crippen LogP contribution in [0.5, 0.6) is 0 Å². The number of thiophene rings is 1. The molecule has 0 aromatic carbocycles. The van der Waals surface area contributed by atoms with Crippen LogP contribution in [0.25, 0.3) is 5.78 Å². The lowest BCUT2D eigenvalue weighted by atomic mass is 10.2. The molecule has 3 aromatic rings. The second-order valence-electron chi connectivity index (χ2n) is 6.13. The van der Waals surface area contributed by atoms with E-state index in [2.05, 4.69) is 15.1 Å². The van der Waals surface area contributed by atoms with E-state index in [9.17, 15) is 4.79 Å². The van der Waals surface area contributed by atoms with Crippen molar-refractivity contribution in [3.05, 3.63) is 46.2 Å². The van der Waals surface area contributed by atoms with E-state index in [4.69, 9.17) is 4.74 Å². The highest BCUT2D eigenvalue weighted by molar-refractivity contribution is 7.09. The fourth-order valence-corrected chi connectivity index (χ4v) is 3.70. The average Bonchev–Trinajstić information content (AvgIpc) is 3.35. The number of fused-ring (bicyclic) bond motifs is 1. The maximum absolute atomic E-state index is 13.0. The first kappa shape index (κ1) is 16.2. The van der Waals surface area contributed by atoms with Gasteiger partial charge in [-0.1, -0.05) is 6.07 Å². The first-order chi connectivity index (χ1) is 12.2. The maximum atomic E-state index is 13.0. The summed E-state index contributed by atoms with van der Waals surface area (Å²) in [6.07, 6.45) is 3.78. The van der Waals surface area contributed by atoms with Crippen LogP contribution < -0.4 is 0 Å². The SMILES string of the molecule is Cc1ccnc2nc(C(=O)N(Cc3cccs3)C[C@H]3CCCO3)nn12. The van der Waals surface area contributed by atoms with Crippen molar-refractivity contribution in [2.45, 2.75) is 32.4 Å². The van der Waals surface area contributed by atoms with E-state index in [1.807, 2.05) is 30.5 Å². The second-order valence-corrected chi connectivity index (χ2v) is 7.17. The molecule has 1 amide bonds. The van der Waals surface area contributed by atoms with Gasteiger partial charge in [0.15, 0.2) is 0 Å². The van der Waals surface area contributed by atoms with Crippen LogP contribution in [-0.4, -0.2) is 49.6 Å². The van der Waals surface area contributed by atoms with Gasteiger partial charge in [0.05, 0.1) is 12.6 Å². The van der Waals surface area contributed by atoms with Crippen molar-refractivity contribution >= 4 is 23.0 Å². The Morgan fingerprint density at radius 3 is 3.12 bits per heavy atom. The molecule has 7 nitrogen and oxygen atoms in total. The van der Waals surface area contributed by atoms with Gasteiger partial charge in [-0.3, -0.25) is 4.79 Å². The lowest BCUT2D eigenvalue weighted by molar-refractivity contribution is 0.0500. The normalized spacial score (nSPS) is 17.2. The van der Waals surface area contributed by atoms with E-state index in [0.29, 0.717) is 18.9 Å². The Kier molecular flexibility index (Phi) is 4.46. The Morgan fingerprint density at radius 1 is 1.48 bits per heavy atom. The number of nitrogens with zero attached hydrogens (tertiary/aromatic N) is 5. The van der Waals surface area contributed by atoms with Gasteiger partial charge >= 0.3 is 0 Å². The quantitative estimate of drug-likeness (QED) is 0.701. The van der Waals surface area contributed by atoms with Gasteiger partial charge in [-0.15, -0.1) is 16.4 Å². The molecule has 0 radical (unpaired) electrons. The van der Waals surface area contributed by atoms with Crippen molar-refractivity contribution in [1.82, 2.24) is 24.5 Å². The molecule has 3 aromatic heterocycles. The average molecular weight is 357 g/mol. The minimum absolute atomic E-state index is 0.0841. The van der Waals surface area contributed by atoms with Gasteiger partial charge in [0, 0.05) is 29.9 Å². The van der Waals surface area contributed by atoms with Crippen LogP contribution in [0.2, 0.25) is 0 Å². The molecule has 0 unspecified atom stereocenters. The van der Waals surface area contributed by atoms with Crippen LogP contribution >= 0.6 is 11.3 Å². The fourth-order valence-electron chi connectivity index (χ4n) is 2.98. The van der Waals surface area contributed by atoms with E-state index >= 15 is 0 Å². The van der Waals surface area contributed by atoms with Gasteiger partial charge in [0.25, 0.3) is 11.7 Å². The lowest BCUT2D eigenvalue weighted by Crippen LogP contribution is -2.37. The number of amides is 1. The minimum Gasteiger partial charge on any atom is -0.376 e. The molecule has 4 rings (SSSR count). The molecule has 1 atom stereocenters. The minimum atomic E-state index is -0.186. The Balaban J connectivity index is 1.61. The molecular weight excluding hydrogens is 338 g/mol. The number of carbonyl (C=O) groups is 1.